The first-order chi connectivity index (χ1) is 10.6. The summed E-state index contributed by atoms with van der Waals surface area (Å²) in [6, 6.07) is 7.91. The van der Waals surface area contributed by atoms with E-state index in [0.717, 1.165) is 37.6 Å². The van der Waals surface area contributed by atoms with E-state index in [2.05, 4.69) is 15.2 Å². The van der Waals surface area contributed by atoms with Gasteiger partial charge in [-0.15, -0.1) is 0 Å². The molecule has 1 aromatic carbocycles. The summed E-state index contributed by atoms with van der Waals surface area (Å²) in [5.74, 6) is 0.138. The minimum atomic E-state index is 0.138. The Labute approximate surface area is 134 Å². The lowest BCUT2D eigenvalue weighted by molar-refractivity contribution is -0.129. The van der Waals surface area contributed by atoms with E-state index in [1.807, 2.05) is 41.6 Å². The van der Waals surface area contributed by atoms with Gasteiger partial charge >= 0.3 is 0 Å². The first-order valence-electron chi connectivity index (χ1n) is 7.02. The van der Waals surface area contributed by atoms with E-state index in [-0.39, 0.29) is 5.91 Å². The van der Waals surface area contributed by atoms with Gasteiger partial charge in [0, 0.05) is 38.8 Å². The number of amides is 1. The molecular formula is C15H19N5OS. The molecular weight excluding hydrogens is 298 g/mol. The topological polar surface area (TPSA) is 71.7 Å². The van der Waals surface area contributed by atoms with E-state index in [1.54, 1.807) is 6.92 Å². The Balaban J connectivity index is 2.01. The molecule has 0 atom stereocenters. The number of amidine groups is 1. The van der Waals surface area contributed by atoms with Crippen LogP contribution in [0.4, 0.5) is 11.4 Å². The van der Waals surface area contributed by atoms with Crippen molar-refractivity contribution in [2.75, 3.05) is 37.3 Å². The van der Waals surface area contributed by atoms with Gasteiger partial charge in [-0.3, -0.25) is 10.1 Å². The number of carbonyl (C=O) groups excluding carboxylic acids is 1. The van der Waals surface area contributed by atoms with Crippen molar-refractivity contribution in [3.05, 3.63) is 24.3 Å². The SMILES string of the molecule is CSC(=Nc1ccc(N2CCN(C(C)=O)CC2)cc1)NC#N. The third-order valence-electron chi connectivity index (χ3n) is 3.53. The number of hydrogen-bond acceptors (Lipinski definition) is 5. The summed E-state index contributed by atoms with van der Waals surface area (Å²) in [6.07, 6.45) is 3.74. The van der Waals surface area contributed by atoms with Crippen molar-refractivity contribution < 1.29 is 4.79 Å². The van der Waals surface area contributed by atoms with E-state index in [1.165, 1.54) is 11.8 Å². The first-order valence-corrected chi connectivity index (χ1v) is 8.25. The van der Waals surface area contributed by atoms with Gasteiger partial charge < -0.3 is 9.80 Å². The Morgan fingerprint density at radius 1 is 1.27 bits per heavy atom. The number of nitrogens with zero attached hydrogens (tertiary/aromatic N) is 4. The monoisotopic (exact) mass is 317 g/mol. The zero-order chi connectivity index (χ0) is 15.9. The van der Waals surface area contributed by atoms with Gasteiger partial charge in [0.1, 0.15) is 0 Å². The van der Waals surface area contributed by atoms with E-state index < -0.39 is 0 Å². The fourth-order valence-electron chi connectivity index (χ4n) is 2.31. The van der Waals surface area contributed by atoms with Crippen LogP contribution in [0, 0.1) is 11.5 Å². The van der Waals surface area contributed by atoms with Crippen LogP contribution in [0.5, 0.6) is 0 Å². The maximum absolute atomic E-state index is 11.3. The van der Waals surface area contributed by atoms with E-state index in [9.17, 15) is 4.79 Å². The lowest BCUT2D eigenvalue weighted by atomic mass is 10.2. The van der Waals surface area contributed by atoms with Gasteiger partial charge in [0.05, 0.1) is 5.69 Å². The van der Waals surface area contributed by atoms with Gasteiger partial charge in [0.15, 0.2) is 11.4 Å². The van der Waals surface area contributed by atoms with E-state index >= 15 is 0 Å². The van der Waals surface area contributed by atoms with Crippen molar-refractivity contribution >= 4 is 34.2 Å². The number of hydrogen-bond donors (Lipinski definition) is 1. The molecule has 116 valence electrons. The molecule has 0 aromatic heterocycles. The molecule has 1 amide bonds. The Hall–Kier alpha value is -2.20. The van der Waals surface area contributed by atoms with Gasteiger partial charge in [-0.1, -0.05) is 11.8 Å². The number of carbonyl (C=O) groups is 1. The van der Waals surface area contributed by atoms with Crippen LogP contribution >= 0.6 is 11.8 Å². The highest BCUT2D eigenvalue weighted by Gasteiger charge is 2.18. The van der Waals surface area contributed by atoms with Crippen LogP contribution in [-0.2, 0) is 4.79 Å². The van der Waals surface area contributed by atoms with Crippen molar-refractivity contribution in [3.63, 3.8) is 0 Å². The largest absolute Gasteiger partial charge is 0.368 e. The van der Waals surface area contributed by atoms with E-state index in [0.29, 0.717) is 5.17 Å². The molecule has 1 fully saturated rings. The summed E-state index contributed by atoms with van der Waals surface area (Å²) in [4.78, 5) is 19.8. The lowest BCUT2D eigenvalue weighted by Gasteiger charge is -2.35. The molecule has 7 heteroatoms. The third-order valence-corrected chi connectivity index (χ3v) is 4.11. The van der Waals surface area contributed by atoms with Crippen LogP contribution in [-0.4, -0.2) is 48.4 Å². The van der Waals surface area contributed by atoms with Crippen molar-refractivity contribution in [2.24, 2.45) is 4.99 Å². The number of piperazine rings is 1. The Morgan fingerprint density at radius 2 is 1.91 bits per heavy atom. The van der Waals surface area contributed by atoms with Crippen molar-refractivity contribution in [1.29, 1.82) is 5.26 Å². The fraction of sp³-hybridized carbons (Fsp3) is 0.400. The highest BCUT2D eigenvalue weighted by molar-refractivity contribution is 8.13. The van der Waals surface area contributed by atoms with Gasteiger partial charge in [-0.25, -0.2) is 4.99 Å². The van der Waals surface area contributed by atoms with Gasteiger partial charge in [-0.05, 0) is 30.5 Å². The molecule has 0 spiro atoms. The second kappa shape index (κ2) is 7.71. The van der Waals surface area contributed by atoms with Crippen LogP contribution < -0.4 is 10.2 Å². The molecule has 22 heavy (non-hydrogen) atoms. The number of aliphatic imine (C=N–C) groups is 1. The Morgan fingerprint density at radius 3 is 2.41 bits per heavy atom. The number of thioether (sulfide) groups is 1. The molecule has 1 aliphatic rings. The van der Waals surface area contributed by atoms with Crippen LogP contribution in [0.1, 0.15) is 6.92 Å². The number of benzene rings is 1. The highest BCUT2D eigenvalue weighted by atomic mass is 32.2. The molecule has 0 unspecified atom stereocenters. The van der Waals surface area contributed by atoms with Gasteiger partial charge in [0.2, 0.25) is 5.91 Å². The smallest absolute Gasteiger partial charge is 0.219 e. The summed E-state index contributed by atoms with van der Waals surface area (Å²) in [6.45, 7) is 4.82. The third kappa shape index (κ3) is 4.15. The van der Waals surface area contributed by atoms with E-state index in [4.69, 9.17) is 5.26 Å². The average molecular weight is 317 g/mol. The quantitative estimate of drug-likeness (QED) is 0.390. The predicted molar refractivity (Wildman–Crippen MR) is 90.3 cm³/mol. The minimum Gasteiger partial charge on any atom is -0.368 e. The van der Waals surface area contributed by atoms with Crippen LogP contribution in [0.15, 0.2) is 29.3 Å². The first kappa shape index (κ1) is 16.2. The summed E-state index contributed by atoms with van der Waals surface area (Å²) >= 11 is 1.39. The molecule has 1 N–H and O–H groups in total. The average Bonchev–Trinajstić information content (AvgIpc) is 2.55. The summed E-state index contributed by atoms with van der Waals surface area (Å²) in [7, 11) is 0. The Bertz CT molecular complexity index is 585. The van der Waals surface area contributed by atoms with Crippen LogP contribution in [0.2, 0.25) is 0 Å². The zero-order valence-corrected chi connectivity index (χ0v) is 13.6. The number of anilines is 1. The minimum absolute atomic E-state index is 0.138. The number of nitrogens with one attached hydrogen (secondary N) is 1. The molecule has 2 rings (SSSR count). The van der Waals surface area contributed by atoms with Crippen molar-refractivity contribution in [2.45, 2.75) is 6.92 Å². The summed E-state index contributed by atoms with van der Waals surface area (Å²) < 4.78 is 0. The second-order valence-electron chi connectivity index (χ2n) is 4.87. The molecule has 0 radical (unpaired) electrons. The standard InChI is InChI=1S/C15H19N5OS/c1-12(21)19-7-9-20(10-8-19)14-5-3-13(4-6-14)18-15(22-2)17-11-16/h3-6H,7-10H2,1-2H3,(H,17,18). The van der Waals surface area contributed by atoms with Gasteiger partial charge in [0.25, 0.3) is 0 Å². The maximum Gasteiger partial charge on any atom is 0.219 e. The number of rotatable bonds is 2. The molecule has 1 heterocycles. The summed E-state index contributed by atoms with van der Waals surface area (Å²) in [5, 5.41) is 11.7. The molecule has 0 aliphatic carbocycles. The summed E-state index contributed by atoms with van der Waals surface area (Å²) in [5.41, 5.74) is 1.93. The predicted octanol–water partition coefficient (Wildman–Crippen LogP) is 1.78. The highest BCUT2D eigenvalue weighted by Crippen LogP contribution is 2.21. The van der Waals surface area contributed by atoms with Gasteiger partial charge in [-0.2, -0.15) is 5.26 Å². The zero-order valence-electron chi connectivity index (χ0n) is 12.7. The molecule has 6 nitrogen and oxygen atoms in total. The van der Waals surface area contributed by atoms with Crippen LogP contribution in [0.3, 0.4) is 0 Å². The normalized spacial score (nSPS) is 15.4. The molecule has 0 bridgehead atoms. The maximum atomic E-state index is 11.3. The molecule has 1 aromatic rings. The van der Waals surface area contributed by atoms with Crippen LogP contribution in [0.25, 0.3) is 0 Å². The van der Waals surface area contributed by atoms with Crippen molar-refractivity contribution in [1.82, 2.24) is 10.2 Å². The Kier molecular flexibility index (Phi) is 5.67. The second-order valence-corrected chi connectivity index (χ2v) is 5.66. The van der Waals surface area contributed by atoms with Crippen molar-refractivity contribution in [3.8, 4) is 6.19 Å². The number of nitriles is 1. The lowest BCUT2D eigenvalue weighted by Crippen LogP contribution is -2.48. The molecule has 1 saturated heterocycles. The fourth-order valence-corrected chi connectivity index (χ4v) is 2.65. The molecule has 0 saturated carbocycles. The molecule has 1 aliphatic heterocycles.